The van der Waals surface area contributed by atoms with E-state index in [1.165, 1.54) is 28.6 Å². The molecule has 5 nitrogen and oxygen atoms in total. The minimum Gasteiger partial charge on any atom is -0.410 e. The molecule has 1 aromatic carbocycles. The van der Waals surface area contributed by atoms with E-state index in [2.05, 4.69) is 34.6 Å². The average Bonchev–Trinajstić information content (AvgIpc) is 3.25. The number of nitrogens with zero attached hydrogens (tertiary/aromatic N) is 2. The maximum Gasteiger partial charge on any atom is 0.277 e. The highest BCUT2D eigenvalue weighted by Crippen LogP contribution is 2.37. The summed E-state index contributed by atoms with van der Waals surface area (Å²) in [7, 11) is 0. The van der Waals surface area contributed by atoms with Gasteiger partial charge in [-0.3, -0.25) is 4.79 Å². The van der Waals surface area contributed by atoms with E-state index >= 15 is 0 Å². The van der Waals surface area contributed by atoms with Gasteiger partial charge in [0.05, 0.1) is 10.6 Å². The molecule has 1 amide bonds. The third-order valence-electron chi connectivity index (χ3n) is 4.78. The normalized spacial score (nSPS) is 16.0. The first-order chi connectivity index (χ1) is 13.5. The molecule has 0 aliphatic heterocycles. The number of rotatable bonds is 5. The Morgan fingerprint density at radius 2 is 2.04 bits per heavy atom. The molecule has 0 saturated carbocycles. The molecular weight excluding hydrogens is 390 g/mol. The van der Waals surface area contributed by atoms with Crippen LogP contribution in [0.3, 0.4) is 0 Å². The Morgan fingerprint density at radius 3 is 2.82 bits per heavy atom. The summed E-state index contributed by atoms with van der Waals surface area (Å²) in [5, 5.41) is 11.6. The average molecular weight is 414 g/mol. The summed E-state index contributed by atoms with van der Waals surface area (Å²) in [5.74, 6) is 1.42. The Labute approximate surface area is 173 Å². The van der Waals surface area contributed by atoms with Crippen molar-refractivity contribution in [3.8, 4) is 10.8 Å². The largest absolute Gasteiger partial charge is 0.410 e. The van der Waals surface area contributed by atoms with Crippen LogP contribution in [-0.4, -0.2) is 21.9 Å². The van der Waals surface area contributed by atoms with E-state index in [0.717, 1.165) is 40.5 Å². The first-order valence-electron chi connectivity index (χ1n) is 9.42. The number of nitrogens with one attached hydrogen (secondary N) is 1. The van der Waals surface area contributed by atoms with Crippen LogP contribution in [0.2, 0.25) is 0 Å². The monoisotopic (exact) mass is 413 g/mol. The lowest BCUT2D eigenvalue weighted by atomic mass is 9.90. The molecule has 1 aliphatic rings. The molecule has 1 aliphatic carbocycles. The van der Waals surface area contributed by atoms with Crippen LogP contribution in [0.5, 0.6) is 0 Å². The number of fused-ring (bicyclic) bond motifs is 1. The van der Waals surface area contributed by atoms with Crippen molar-refractivity contribution >= 4 is 34.7 Å². The summed E-state index contributed by atoms with van der Waals surface area (Å²) in [6, 6.07) is 8.18. The van der Waals surface area contributed by atoms with Crippen LogP contribution in [0.1, 0.15) is 34.9 Å². The summed E-state index contributed by atoms with van der Waals surface area (Å²) in [6.45, 7) is 6.33. The number of aryl methyl sites for hydroxylation is 3. The molecule has 146 valence electrons. The van der Waals surface area contributed by atoms with Crippen molar-refractivity contribution in [2.45, 2.75) is 45.3 Å². The van der Waals surface area contributed by atoms with Gasteiger partial charge in [0.2, 0.25) is 5.91 Å². The molecule has 2 heterocycles. The molecule has 7 heteroatoms. The van der Waals surface area contributed by atoms with Crippen molar-refractivity contribution in [3.63, 3.8) is 0 Å². The van der Waals surface area contributed by atoms with Crippen LogP contribution < -0.4 is 5.32 Å². The molecule has 0 bridgehead atoms. The summed E-state index contributed by atoms with van der Waals surface area (Å²) in [5.41, 5.74) is 4.47. The van der Waals surface area contributed by atoms with Crippen LogP contribution in [0.15, 0.2) is 33.9 Å². The number of thiophene rings is 1. The molecule has 0 fully saturated rings. The third-order valence-corrected chi connectivity index (χ3v) is 6.82. The van der Waals surface area contributed by atoms with Gasteiger partial charge in [-0.2, -0.15) is 0 Å². The van der Waals surface area contributed by atoms with E-state index in [1.54, 1.807) is 11.3 Å². The van der Waals surface area contributed by atoms with E-state index in [9.17, 15) is 4.79 Å². The molecule has 3 aromatic rings. The number of anilines is 1. The quantitative estimate of drug-likeness (QED) is 0.577. The highest BCUT2D eigenvalue weighted by atomic mass is 32.2. The molecule has 0 unspecified atom stereocenters. The first kappa shape index (κ1) is 19.2. The minimum absolute atomic E-state index is 0.0877. The fraction of sp³-hybridized carbons (Fsp3) is 0.381. The lowest BCUT2D eigenvalue weighted by Gasteiger charge is -2.16. The van der Waals surface area contributed by atoms with Crippen molar-refractivity contribution in [2.24, 2.45) is 5.92 Å². The number of benzene rings is 1. The molecular formula is C21H23N3O2S2. The number of hydrogen-bond donors (Lipinski definition) is 1. The summed E-state index contributed by atoms with van der Waals surface area (Å²) < 4.78 is 5.78. The number of aromatic nitrogens is 2. The lowest BCUT2D eigenvalue weighted by Crippen LogP contribution is -2.14. The number of carbonyl (C=O) groups excluding carboxylic acids is 1. The van der Waals surface area contributed by atoms with Crippen molar-refractivity contribution in [3.05, 3.63) is 45.8 Å². The van der Waals surface area contributed by atoms with Crippen molar-refractivity contribution < 1.29 is 9.21 Å². The zero-order valence-corrected chi connectivity index (χ0v) is 17.9. The second-order valence-electron chi connectivity index (χ2n) is 7.49. The summed E-state index contributed by atoms with van der Waals surface area (Å²) in [6.07, 6.45) is 3.50. The topological polar surface area (TPSA) is 68.0 Å². The minimum atomic E-state index is -0.0877. The van der Waals surface area contributed by atoms with Gasteiger partial charge in [0.15, 0.2) is 0 Å². The van der Waals surface area contributed by atoms with Crippen LogP contribution in [-0.2, 0) is 17.6 Å². The van der Waals surface area contributed by atoms with Gasteiger partial charge in [-0.1, -0.05) is 24.8 Å². The van der Waals surface area contributed by atoms with Gasteiger partial charge < -0.3 is 9.73 Å². The van der Waals surface area contributed by atoms with Crippen molar-refractivity contribution in [2.75, 3.05) is 11.1 Å². The lowest BCUT2D eigenvalue weighted by molar-refractivity contribution is -0.113. The van der Waals surface area contributed by atoms with Crippen LogP contribution in [0.25, 0.3) is 10.8 Å². The maximum atomic E-state index is 12.2. The second kappa shape index (κ2) is 8.09. The summed E-state index contributed by atoms with van der Waals surface area (Å²) >= 11 is 3.01. The van der Waals surface area contributed by atoms with Gasteiger partial charge >= 0.3 is 0 Å². The molecule has 1 N–H and O–H groups in total. The van der Waals surface area contributed by atoms with Gasteiger partial charge in [0.1, 0.15) is 0 Å². The predicted octanol–water partition coefficient (Wildman–Crippen LogP) is 5.27. The van der Waals surface area contributed by atoms with Crippen LogP contribution in [0.4, 0.5) is 5.69 Å². The standard InChI is InChI=1S/C21H23N3O2S2/c1-12-4-5-17-15(7-12)10-18(28-17)20-23-24-21(26-20)27-11-19(25)22-16-8-13(2)6-14(3)9-16/h6,8-10,12H,4-5,7,11H2,1-3H3,(H,22,25)/t12-/m0/s1. The molecule has 0 saturated heterocycles. The molecule has 0 spiro atoms. The van der Waals surface area contributed by atoms with Gasteiger partial charge in [-0.05, 0) is 73.9 Å². The van der Waals surface area contributed by atoms with E-state index in [-0.39, 0.29) is 11.7 Å². The smallest absolute Gasteiger partial charge is 0.277 e. The third kappa shape index (κ3) is 4.47. The van der Waals surface area contributed by atoms with Gasteiger partial charge in [0, 0.05) is 10.6 Å². The maximum absolute atomic E-state index is 12.2. The van der Waals surface area contributed by atoms with Crippen LogP contribution >= 0.6 is 23.1 Å². The fourth-order valence-electron chi connectivity index (χ4n) is 3.55. The Hall–Kier alpha value is -2.12. The number of amides is 1. The number of thioether (sulfide) groups is 1. The van der Waals surface area contributed by atoms with Crippen molar-refractivity contribution in [1.29, 1.82) is 0 Å². The molecule has 28 heavy (non-hydrogen) atoms. The highest BCUT2D eigenvalue weighted by molar-refractivity contribution is 7.99. The van der Waals surface area contributed by atoms with Crippen LogP contribution in [0, 0.1) is 19.8 Å². The van der Waals surface area contributed by atoms with E-state index in [4.69, 9.17) is 4.42 Å². The second-order valence-corrected chi connectivity index (χ2v) is 9.56. The fourth-order valence-corrected chi connectivity index (χ4v) is 5.24. The number of carbonyl (C=O) groups is 1. The van der Waals surface area contributed by atoms with E-state index in [0.29, 0.717) is 11.1 Å². The van der Waals surface area contributed by atoms with E-state index in [1.807, 2.05) is 26.0 Å². The molecule has 2 aromatic heterocycles. The SMILES string of the molecule is Cc1cc(C)cc(NC(=O)CSc2nnc(-c3cc4c(s3)CC[C@H](C)C4)o2)c1. The zero-order chi connectivity index (χ0) is 19.7. The molecule has 4 rings (SSSR count). The highest BCUT2D eigenvalue weighted by Gasteiger charge is 2.21. The Balaban J connectivity index is 1.36. The predicted molar refractivity (Wildman–Crippen MR) is 114 cm³/mol. The Bertz CT molecular complexity index is 989. The summed E-state index contributed by atoms with van der Waals surface area (Å²) in [4.78, 5) is 14.7. The van der Waals surface area contributed by atoms with Gasteiger partial charge in [-0.15, -0.1) is 21.5 Å². The van der Waals surface area contributed by atoms with Crippen molar-refractivity contribution in [1.82, 2.24) is 10.2 Å². The van der Waals surface area contributed by atoms with Gasteiger partial charge in [0.25, 0.3) is 11.1 Å². The number of hydrogen-bond acceptors (Lipinski definition) is 6. The van der Waals surface area contributed by atoms with E-state index < -0.39 is 0 Å². The Kier molecular flexibility index (Phi) is 5.55. The first-order valence-corrected chi connectivity index (χ1v) is 11.2. The zero-order valence-electron chi connectivity index (χ0n) is 16.2. The Morgan fingerprint density at radius 1 is 1.25 bits per heavy atom. The van der Waals surface area contributed by atoms with Gasteiger partial charge in [-0.25, -0.2) is 0 Å². The molecule has 1 atom stereocenters. The molecule has 0 radical (unpaired) electrons.